The summed E-state index contributed by atoms with van der Waals surface area (Å²) in [5.41, 5.74) is 0. The van der Waals surface area contributed by atoms with E-state index < -0.39 is 15.3 Å². The maximum Gasteiger partial charge on any atom is 0.673 e. The molecular formula is C12H29BF4NP. The Bertz CT molecular complexity index is 222. The van der Waals surface area contributed by atoms with Gasteiger partial charge in [0.05, 0.1) is 18.4 Å². The summed E-state index contributed by atoms with van der Waals surface area (Å²) in [6.07, 6.45) is 0. The van der Waals surface area contributed by atoms with Crippen LogP contribution in [0.15, 0.2) is 0 Å². The van der Waals surface area contributed by atoms with Crippen LogP contribution in [0.5, 0.6) is 0 Å². The first kappa shape index (κ1) is 21.5. The molecule has 0 atom stereocenters. The van der Waals surface area contributed by atoms with Gasteiger partial charge in [0, 0.05) is 13.1 Å². The summed E-state index contributed by atoms with van der Waals surface area (Å²) in [6.45, 7) is 21.3. The van der Waals surface area contributed by atoms with Crippen molar-refractivity contribution in [2.24, 2.45) is 0 Å². The number of rotatable bonds is 3. The van der Waals surface area contributed by atoms with Crippen LogP contribution in [0.2, 0.25) is 0 Å². The van der Waals surface area contributed by atoms with Gasteiger partial charge in [-0.1, -0.05) is 0 Å². The first-order valence-electron chi connectivity index (χ1n) is 6.64. The van der Waals surface area contributed by atoms with Crippen molar-refractivity contribution in [1.82, 2.24) is 4.67 Å². The fourth-order valence-corrected chi connectivity index (χ4v) is 7.39. The first-order chi connectivity index (χ1) is 8.14. The molecule has 0 spiro atoms. The van der Waals surface area contributed by atoms with E-state index in [-0.39, 0.29) is 0 Å². The molecule has 0 aliphatic carbocycles. The first-order valence-corrected chi connectivity index (χ1v) is 8.09. The summed E-state index contributed by atoms with van der Waals surface area (Å²) < 4.78 is 41.7. The second kappa shape index (κ2) is 7.83. The Kier molecular flexibility index (Phi) is 8.84. The molecule has 0 unspecified atom stereocenters. The van der Waals surface area contributed by atoms with Crippen molar-refractivity contribution in [1.29, 1.82) is 0 Å². The normalized spacial score (nSPS) is 13.6. The molecule has 0 N–H and O–H groups in total. The minimum absolute atomic E-state index is 0.453. The summed E-state index contributed by atoms with van der Waals surface area (Å²) >= 11 is 0. The lowest BCUT2D eigenvalue weighted by atomic mass is 10.2. The van der Waals surface area contributed by atoms with Gasteiger partial charge in [0.25, 0.3) is 0 Å². The highest BCUT2D eigenvalue weighted by atomic mass is 31.1. The van der Waals surface area contributed by atoms with Crippen LogP contribution in [-0.2, 0) is 0 Å². The van der Waals surface area contributed by atoms with Crippen LogP contribution in [0.3, 0.4) is 0 Å². The molecule has 0 aromatic heterocycles. The van der Waals surface area contributed by atoms with E-state index in [1.807, 2.05) is 0 Å². The highest BCUT2D eigenvalue weighted by Crippen LogP contribution is 2.61. The number of nitrogens with zero attached hydrogens (tertiary/aromatic N) is 1. The Morgan fingerprint density at radius 2 is 1.00 bits per heavy atom. The van der Waals surface area contributed by atoms with Crippen LogP contribution in [-0.4, -0.2) is 35.3 Å². The fourth-order valence-electron chi connectivity index (χ4n) is 2.61. The van der Waals surface area contributed by atoms with Gasteiger partial charge in [0.1, 0.15) is 0 Å². The molecule has 0 amide bonds. The van der Waals surface area contributed by atoms with Crippen molar-refractivity contribution in [2.45, 2.75) is 65.7 Å². The van der Waals surface area contributed by atoms with E-state index >= 15 is 0 Å². The molecule has 0 aromatic carbocycles. The van der Waals surface area contributed by atoms with Crippen LogP contribution >= 0.6 is 8.07 Å². The average Bonchev–Trinajstić information content (AvgIpc) is 2.06. The third kappa shape index (κ3) is 11.7. The van der Waals surface area contributed by atoms with Gasteiger partial charge in [-0.05, 0) is 55.4 Å². The monoisotopic (exact) mass is 305 g/mol. The summed E-state index contributed by atoms with van der Waals surface area (Å²) in [7, 11) is -6.48. The molecule has 0 aromatic rings. The molecule has 0 saturated carbocycles. The summed E-state index contributed by atoms with van der Waals surface area (Å²) in [5, 5.41) is 0.907. The smallest absolute Gasteiger partial charge is 0.418 e. The maximum absolute atomic E-state index is 9.75. The molecule has 0 heterocycles. The van der Waals surface area contributed by atoms with Gasteiger partial charge >= 0.3 is 7.25 Å². The molecule has 0 aliphatic heterocycles. The molecule has 1 nitrogen and oxygen atoms in total. The van der Waals surface area contributed by atoms with E-state index in [9.17, 15) is 17.3 Å². The van der Waals surface area contributed by atoms with Crippen molar-refractivity contribution in [3.8, 4) is 0 Å². The van der Waals surface area contributed by atoms with Gasteiger partial charge < -0.3 is 17.3 Å². The molecule has 0 aliphatic rings. The minimum atomic E-state index is -6.00. The lowest BCUT2D eigenvalue weighted by molar-refractivity contribution is 0.368. The van der Waals surface area contributed by atoms with Crippen molar-refractivity contribution in [3.63, 3.8) is 0 Å². The molecular weight excluding hydrogens is 276 g/mol. The second-order valence-electron chi connectivity index (χ2n) is 6.52. The topological polar surface area (TPSA) is 3.24 Å². The lowest BCUT2D eigenvalue weighted by Gasteiger charge is -2.39. The number of halogens is 4. The Balaban J connectivity index is 0. The zero-order chi connectivity index (χ0) is 16.1. The van der Waals surface area contributed by atoms with E-state index in [2.05, 4.69) is 60.1 Å². The van der Waals surface area contributed by atoms with Crippen LogP contribution < -0.4 is 0 Å². The van der Waals surface area contributed by atoms with Crippen molar-refractivity contribution in [2.75, 3.05) is 13.1 Å². The quantitative estimate of drug-likeness (QED) is 0.386. The molecule has 0 saturated heterocycles. The Morgan fingerprint density at radius 1 is 0.789 bits per heavy atom. The highest BCUT2D eigenvalue weighted by Gasteiger charge is 2.45. The predicted octanol–water partition coefficient (Wildman–Crippen LogP) is 5.35. The van der Waals surface area contributed by atoms with E-state index in [4.69, 9.17) is 0 Å². The van der Waals surface area contributed by atoms with Gasteiger partial charge in [-0.3, -0.25) is 0 Å². The lowest BCUT2D eigenvalue weighted by Crippen LogP contribution is -2.35. The molecule has 0 fully saturated rings. The van der Waals surface area contributed by atoms with E-state index in [0.717, 1.165) is 0 Å². The third-order valence-corrected chi connectivity index (χ3v) is 6.61. The van der Waals surface area contributed by atoms with Crippen LogP contribution in [0.25, 0.3) is 0 Å². The summed E-state index contributed by atoms with van der Waals surface area (Å²) in [5.74, 6) is 0. The predicted molar refractivity (Wildman–Crippen MR) is 80.9 cm³/mol. The summed E-state index contributed by atoms with van der Waals surface area (Å²) in [6, 6.07) is 0. The van der Waals surface area contributed by atoms with Crippen LogP contribution in [0.1, 0.15) is 55.4 Å². The Hall–Kier alpha value is 0.175. The van der Waals surface area contributed by atoms with Gasteiger partial charge in [-0.25, -0.2) is 0 Å². The third-order valence-electron chi connectivity index (χ3n) is 2.50. The van der Waals surface area contributed by atoms with Crippen LogP contribution in [0.4, 0.5) is 17.3 Å². The van der Waals surface area contributed by atoms with E-state index in [1.165, 1.54) is 13.1 Å². The molecule has 0 bridgehead atoms. The number of hydrogen-bond acceptors (Lipinski definition) is 1. The largest absolute Gasteiger partial charge is 0.673 e. The van der Waals surface area contributed by atoms with Gasteiger partial charge in [0.2, 0.25) is 0 Å². The number of hydrogen-bond donors (Lipinski definition) is 0. The van der Waals surface area contributed by atoms with Crippen LogP contribution in [0, 0.1) is 0 Å². The Morgan fingerprint density at radius 3 is 1.05 bits per heavy atom. The maximum atomic E-state index is 9.75. The molecule has 19 heavy (non-hydrogen) atoms. The fraction of sp³-hybridized carbons (Fsp3) is 1.00. The van der Waals surface area contributed by atoms with Crippen molar-refractivity contribution in [3.05, 3.63) is 0 Å². The molecule has 118 valence electrons. The highest BCUT2D eigenvalue weighted by molar-refractivity contribution is 7.58. The van der Waals surface area contributed by atoms with Crippen molar-refractivity contribution >= 4 is 15.3 Å². The standard InChI is InChI=1S/C12H28NP.BF4/c1-9-13(10-2)14(11(3,4)5)12(6,7)8;2-1(3,4)5/h9-10H2,1-8H3;/q;-1/p+1. The minimum Gasteiger partial charge on any atom is -0.418 e. The molecule has 7 heteroatoms. The summed E-state index contributed by atoms with van der Waals surface area (Å²) in [4.78, 5) is 0. The second-order valence-corrected chi connectivity index (χ2v) is 10.8. The zero-order valence-electron chi connectivity index (χ0n) is 13.5. The average molecular weight is 305 g/mol. The SMILES string of the molecule is CCN(CC)[PH+](C(C)(C)C)C(C)(C)C.F[B-](F)(F)F. The van der Waals surface area contributed by atoms with Gasteiger partial charge in [-0.15, -0.1) is 0 Å². The van der Waals surface area contributed by atoms with Gasteiger partial charge in [-0.2, -0.15) is 4.67 Å². The van der Waals surface area contributed by atoms with Crippen molar-refractivity contribution < 1.29 is 17.3 Å². The van der Waals surface area contributed by atoms with Gasteiger partial charge in [0.15, 0.2) is 0 Å². The molecule has 0 radical (unpaired) electrons. The Labute approximate surface area is 117 Å². The molecule has 0 rings (SSSR count). The van der Waals surface area contributed by atoms with E-state index in [1.54, 1.807) is 0 Å². The van der Waals surface area contributed by atoms with E-state index in [0.29, 0.717) is 10.3 Å². The zero-order valence-corrected chi connectivity index (χ0v) is 14.5.